The maximum absolute atomic E-state index is 9.25. The molecule has 0 unspecified atom stereocenters. The van der Waals surface area contributed by atoms with Crippen LogP contribution in [0.4, 0.5) is 0 Å². The summed E-state index contributed by atoms with van der Waals surface area (Å²) in [6, 6.07) is 0. The summed E-state index contributed by atoms with van der Waals surface area (Å²) in [7, 11) is 0. The summed E-state index contributed by atoms with van der Waals surface area (Å²) in [5, 5.41) is 0. The van der Waals surface area contributed by atoms with Gasteiger partial charge in [-0.05, 0) is 0 Å². The standard InChI is InChI=1S/C3H4ClO2/c4-1-2-6-3-5/h2-3H,1H2. The number of hydrogen-bond donors (Lipinski definition) is 0. The first-order valence-corrected chi connectivity index (χ1v) is 1.92. The average Bonchev–Trinajstić information content (AvgIpc) is 1.61. The average molecular weight is 108 g/mol. The molecule has 0 fully saturated rings. The zero-order valence-corrected chi connectivity index (χ0v) is 3.81. The molecule has 0 aliphatic heterocycles. The van der Waals surface area contributed by atoms with Crippen LogP contribution < -0.4 is 0 Å². The Hall–Kier alpha value is -0.240. The van der Waals surface area contributed by atoms with Gasteiger partial charge in [-0.25, -0.2) is 0 Å². The summed E-state index contributed by atoms with van der Waals surface area (Å²) < 4.78 is 4.05. The van der Waals surface area contributed by atoms with E-state index in [0.717, 1.165) is 0 Å². The third-order valence-corrected chi connectivity index (χ3v) is 0.341. The molecule has 0 aromatic carbocycles. The lowest BCUT2D eigenvalue weighted by Crippen LogP contribution is -1.81. The summed E-state index contributed by atoms with van der Waals surface area (Å²) in [6.45, 7) is 1.52. The van der Waals surface area contributed by atoms with Crippen LogP contribution in [0.1, 0.15) is 0 Å². The number of rotatable bonds is 3. The minimum Gasteiger partial charge on any atom is -0.459 e. The van der Waals surface area contributed by atoms with Gasteiger partial charge in [-0.2, -0.15) is 0 Å². The van der Waals surface area contributed by atoms with Gasteiger partial charge in [-0.15, -0.1) is 11.6 Å². The summed E-state index contributed by atoms with van der Waals surface area (Å²) >= 11 is 5.04. The molecule has 0 bridgehead atoms. The molecule has 0 spiro atoms. The van der Waals surface area contributed by atoms with Crippen molar-refractivity contribution >= 4 is 18.1 Å². The van der Waals surface area contributed by atoms with Crippen molar-refractivity contribution in [3.05, 3.63) is 6.61 Å². The van der Waals surface area contributed by atoms with E-state index in [-0.39, 0.29) is 5.88 Å². The van der Waals surface area contributed by atoms with Gasteiger partial charge in [0.2, 0.25) is 0 Å². The predicted octanol–water partition coefficient (Wildman–Crippen LogP) is 0.560. The molecule has 0 saturated heterocycles. The van der Waals surface area contributed by atoms with Crippen LogP contribution in [0.25, 0.3) is 0 Å². The topological polar surface area (TPSA) is 26.3 Å². The number of hydrogen-bond acceptors (Lipinski definition) is 2. The van der Waals surface area contributed by atoms with Crippen molar-refractivity contribution in [3.8, 4) is 0 Å². The van der Waals surface area contributed by atoms with Crippen molar-refractivity contribution in [3.63, 3.8) is 0 Å². The molecule has 0 atom stereocenters. The molecule has 0 aromatic rings. The van der Waals surface area contributed by atoms with Crippen LogP contribution in [0.15, 0.2) is 0 Å². The molecular formula is C3H4ClO2. The molecule has 0 aliphatic rings. The third-order valence-electron chi connectivity index (χ3n) is 0.215. The van der Waals surface area contributed by atoms with E-state index >= 15 is 0 Å². The second-order valence-corrected chi connectivity index (χ2v) is 0.862. The Kier molecular flexibility index (Phi) is 4.57. The van der Waals surface area contributed by atoms with E-state index in [1.54, 1.807) is 0 Å². The summed E-state index contributed by atoms with van der Waals surface area (Å²) in [5.41, 5.74) is 0. The van der Waals surface area contributed by atoms with Crippen LogP contribution in [-0.4, -0.2) is 12.4 Å². The smallest absolute Gasteiger partial charge is 0.293 e. The lowest BCUT2D eigenvalue weighted by molar-refractivity contribution is -0.125. The van der Waals surface area contributed by atoms with E-state index in [2.05, 4.69) is 4.74 Å². The maximum Gasteiger partial charge on any atom is 0.293 e. The fraction of sp³-hybridized carbons (Fsp3) is 0.333. The van der Waals surface area contributed by atoms with E-state index < -0.39 is 0 Å². The SMILES string of the molecule is O=CO[CH]CCl. The highest BCUT2D eigenvalue weighted by molar-refractivity contribution is 6.18. The Bertz CT molecular complexity index is 37.8. The zero-order chi connectivity index (χ0) is 4.83. The molecule has 0 heterocycles. The first-order chi connectivity index (χ1) is 2.91. The molecule has 1 radical (unpaired) electrons. The van der Waals surface area contributed by atoms with Crippen LogP contribution in [-0.2, 0) is 9.53 Å². The highest BCUT2D eigenvalue weighted by atomic mass is 35.5. The fourth-order valence-electron chi connectivity index (χ4n) is 0.0757. The largest absolute Gasteiger partial charge is 0.459 e. The number of halogens is 1. The van der Waals surface area contributed by atoms with Gasteiger partial charge >= 0.3 is 0 Å². The van der Waals surface area contributed by atoms with Gasteiger partial charge in [0.15, 0.2) is 6.61 Å². The van der Waals surface area contributed by atoms with E-state index in [1.165, 1.54) is 6.61 Å². The summed E-state index contributed by atoms with van der Waals surface area (Å²) in [6.07, 6.45) is 0. The van der Waals surface area contributed by atoms with Gasteiger partial charge in [-0.3, -0.25) is 4.79 Å². The van der Waals surface area contributed by atoms with E-state index in [1.807, 2.05) is 0 Å². The number of carbonyl (C=O) groups excluding carboxylic acids is 1. The van der Waals surface area contributed by atoms with Crippen molar-refractivity contribution in [2.24, 2.45) is 0 Å². The van der Waals surface area contributed by atoms with Gasteiger partial charge in [0.25, 0.3) is 6.47 Å². The van der Waals surface area contributed by atoms with Crippen LogP contribution in [0, 0.1) is 6.61 Å². The van der Waals surface area contributed by atoms with Crippen molar-refractivity contribution in [2.75, 3.05) is 5.88 Å². The predicted molar refractivity (Wildman–Crippen MR) is 22.2 cm³/mol. The molecular weight excluding hydrogens is 103 g/mol. The monoisotopic (exact) mass is 107 g/mol. The van der Waals surface area contributed by atoms with Crippen LogP contribution in [0.2, 0.25) is 0 Å². The van der Waals surface area contributed by atoms with Gasteiger partial charge in [-0.1, -0.05) is 0 Å². The number of ether oxygens (including phenoxy) is 1. The Morgan fingerprint density at radius 1 is 1.83 bits per heavy atom. The molecule has 6 heavy (non-hydrogen) atoms. The van der Waals surface area contributed by atoms with Gasteiger partial charge in [0.05, 0.1) is 5.88 Å². The van der Waals surface area contributed by atoms with E-state index in [0.29, 0.717) is 6.47 Å². The molecule has 0 N–H and O–H groups in total. The first-order valence-electron chi connectivity index (χ1n) is 1.38. The molecule has 35 valence electrons. The Balaban J connectivity index is 2.49. The Morgan fingerprint density at radius 2 is 2.50 bits per heavy atom. The van der Waals surface area contributed by atoms with Gasteiger partial charge in [0.1, 0.15) is 0 Å². The Morgan fingerprint density at radius 3 is 2.67 bits per heavy atom. The minimum absolute atomic E-state index is 0.249. The zero-order valence-electron chi connectivity index (χ0n) is 3.06. The second-order valence-electron chi connectivity index (χ2n) is 0.553. The molecule has 0 rings (SSSR count). The third kappa shape index (κ3) is 3.76. The van der Waals surface area contributed by atoms with Gasteiger partial charge < -0.3 is 4.74 Å². The molecule has 2 nitrogen and oxygen atoms in total. The van der Waals surface area contributed by atoms with Gasteiger partial charge in [0, 0.05) is 0 Å². The maximum atomic E-state index is 9.25. The first kappa shape index (κ1) is 5.76. The highest BCUT2D eigenvalue weighted by Gasteiger charge is 1.75. The van der Waals surface area contributed by atoms with Crippen LogP contribution in [0.3, 0.4) is 0 Å². The van der Waals surface area contributed by atoms with Crippen molar-refractivity contribution < 1.29 is 9.53 Å². The van der Waals surface area contributed by atoms with Crippen molar-refractivity contribution in [2.45, 2.75) is 0 Å². The highest BCUT2D eigenvalue weighted by Crippen LogP contribution is 1.79. The summed E-state index contributed by atoms with van der Waals surface area (Å²) in [4.78, 5) is 9.25. The van der Waals surface area contributed by atoms with Crippen LogP contribution in [0.5, 0.6) is 0 Å². The van der Waals surface area contributed by atoms with E-state index in [9.17, 15) is 4.79 Å². The van der Waals surface area contributed by atoms with Crippen molar-refractivity contribution in [1.29, 1.82) is 0 Å². The quantitative estimate of drug-likeness (QED) is 0.299. The fourth-order valence-corrected chi connectivity index (χ4v) is 0.148. The second kappa shape index (κ2) is 4.76. The minimum atomic E-state index is 0.249. The molecule has 3 heteroatoms. The molecule has 0 amide bonds. The van der Waals surface area contributed by atoms with Crippen LogP contribution >= 0.6 is 11.6 Å². The number of alkyl halides is 1. The summed E-state index contributed by atoms with van der Waals surface area (Å²) in [5.74, 6) is 0.249. The lowest BCUT2D eigenvalue weighted by Gasteiger charge is -1.83. The molecule has 0 aliphatic carbocycles. The Labute approximate surface area is 41.0 Å². The normalized spacial score (nSPS) is 7.50. The van der Waals surface area contributed by atoms with Crippen molar-refractivity contribution in [1.82, 2.24) is 0 Å². The molecule has 0 saturated carbocycles. The molecule has 0 aromatic heterocycles. The van der Waals surface area contributed by atoms with E-state index in [4.69, 9.17) is 11.6 Å². The lowest BCUT2D eigenvalue weighted by atomic mass is 10.9. The number of carbonyl (C=O) groups is 1.